The van der Waals surface area contributed by atoms with E-state index in [2.05, 4.69) is 28.1 Å². The molecule has 2 saturated heterocycles. The normalized spacial score (nSPS) is 26.0. The predicted molar refractivity (Wildman–Crippen MR) is 87.1 cm³/mol. The molecule has 2 aliphatic rings. The molecule has 2 aliphatic heterocycles. The zero-order chi connectivity index (χ0) is 15.4. The Kier molecular flexibility index (Phi) is 5.31. The Hall–Kier alpha value is -1.14. The summed E-state index contributed by atoms with van der Waals surface area (Å²) in [6.45, 7) is 10.0. The Labute approximate surface area is 132 Å². The third-order valence-corrected chi connectivity index (χ3v) is 4.74. The fourth-order valence-electron chi connectivity index (χ4n) is 3.48. The van der Waals surface area contributed by atoms with E-state index in [1.54, 1.807) is 6.07 Å². The fraction of sp³-hybridized carbons (Fsp3) is 0.647. The minimum Gasteiger partial charge on any atom is -0.508 e. The van der Waals surface area contributed by atoms with Crippen LogP contribution in [0.5, 0.6) is 5.75 Å². The number of phenolic OH excluding ortho intramolecular Hbond substituents is 1. The second-order valence-electron chi connectivity index (χ2n) is 6.31. The molecule has 2 atom stereocenters. The Morgan fingerprint density at radius 2 is 2.14 bits per heavy atom. The van der Waals surface area contributed by atoms with Gasteiger partial charge in [0.05, 0.1) is 13.2 Å². The summed E-state index contributed by atoms with van der Waals surface area (Å²) < 4.78 is 5.47. The Balaban J connectivity index is 1.80. The number of hydrogen-bond donors (Lipinski definition) is 2. The first-order valence-corrected chi connectivity index (χ1v) is 8.29. The first kappa shape index (κ1) is 15.7. The summed E-state index contributed by atoms with van der Waals surface area (Å²) in [5.41, 5.74) is 1.21. The van der Waals surface area contributed by atoms with Crippen LogP contribution in [0.1, 0.15) is 18.5 Å². The topological polar surface area (TPSA) is 48.0 Å². The molecule has 0 aliphatic carbocycles. The average Bonchev–Trinajstić information content (AvgIpc) is 2.54. The summed E-state index contributed by atoms with van der Waals surface area (Å²) in [7, 11) is 0. The molecule has 2 fully saturated rings. The minimum absolute atomic E-state index is 0.322. The van der Waals surface area contributed by atoms with E-state index in [0.717, 1.165) is 52.5 Å². The van der Waals surface area contributed by atoms with Gasteiger partial charge in [0, 0.05) is 51.4 Å². The van der Waals surface area contributed by atoms with Crippen molar-refractivity contribution in [1.82, 2.24) is 15.1 Å². The number of hydrogen-bond acceptors (Lipinski definition) is 5. The molecule has 5 nitrogen and oxygen atoms in total. The summed E-state index contributed by atoms with van der Waals surface area (Å²) in [6, 6.07) is 8.57. The molecule has 0 saturated carbocycles. The van der Waals surface area contributed by atoms with Crippen LogP contribution in [0.2, 0.25) is 0 Å². The maximum atomic E-state index is 9.87. The van der Waals surface area contributed by atoms with Gasteiger partial charge in [-0.1, -0.05) is 12.1 Å². The standard InChI is InChI=1S/C17H27N3O2/c1-14-12-18-5-6-20(14)17(13-19-7-9-22-10-8-19)15-3-2-4-16(21)11-15/h2-4,11,14,17-18,21H,5-10,12-13H2,1H3. The molecule has 2 unspecified atom stereocenters. The van der Waals surface area contributed by atoms with Crippen LogP contribution < -0.4 is 5.32 Å². The maximum Gasteiger partial charge on any atom is 0.115 e. The third kappa shape index (κ3) is 3.79. The number of phenols is 1. The number of rotatable bonds is 4. The highest BCUT2D eigenvalue weighted by Crippen LogP contribution is 2.27. The van der Waals surface area contributed by atoms with Crippen LogP contribution in [0, 0.1) is 0 Å². The molecule has 1 aromatic carbocycles. The minimum atomic E-state index is 0.322. The summed E-state index contributed by atoms with van der Waals surface area (Å²) in [4.78, 5) is 5.05. The first-order chi connectivity index (χ1) is 10.7. The highest BCUT2D eigenvalue weighted by molar-refractivity contribution is 5.30. The Morgan fingerprint density at radius 3 is 2.86 bits per heavy atom. The molecule has 0 amide bonds. The van der Waals surface area contributed by atoms with Crippen molar-refractivity contribution in [2.24, 2.45) is 0 Å². The van der Waals surface area contributed by atoms with Gasteiger partial charge in [-0.2, -0.15) is 0 Å². The molecular formula is C17H27N3O2. The molecule has 1 aromatic rings. The van der Waals surface area contributed by atoms with E-state index in [1.165, 1.54) is 5.56 Å². The number of benzene rings is 1. The van der Waals surface area contributed by atoms with Gasteiger partial charge in [0.25, 0.3) is 0 Å². The fourth-order valence-corrected chi connectivity index (χ4v) is 3.48. The largest absolute Gasteiger partial charge is 0.508 e. The summed E-state index contributed by atoms with van der Waals surface area (Å²) >= 11 is 0. The van der Waals surface area contributed by atoms with Crippen molar-refractivity contribution in [3.05, 3.63) is 29.8 Å². The van der Waals surface area contributed by atoms with Crippen molar-refractivity contribution in [3.8, 4) is 5.75 Å². The lowest BCUT2D eigenvalue weighted by molar-refractivity contribution is 0.0137. The van der Waals surface area contributed by atoms with E-state index in [-0.39, 0.29) is 0 Å². The number of aromatic hydroxyl groups is 1. The van der Waals surface area contributed by atoms with Gasteiger partial charge in [-0.3, -0.25) is 9.80 Å². The molecule has 0 bridgehead atoms. The van der Waals surface area contributed by atoms with Crippen LogP contribution in [0.25, 0.3) is 0 Å². The highest BCUT2D eigenvalue weighted by atomic mass is 16.5. The van der Waals surface area contributed by atoms with Crippen LogP contribution in [-0.2, 0) is 4.74 Å². The SMILES string of the molecule is CC1CNCCN1C(CN1CCOCC1)c1cccc(O)c1. The Bertz CT molecular complexity index is 477. The van der Waals surface area contributed by atoms with Crippen LogP contribution in [0.3, 0.4) is 0 Å². The molecule has 2 N–H and O–H groups in total. The van der Waals surface area contributed by atoms with Crippen LogP contribution in [0.4, 0.5) is 0 Å². The van der Waals surface area contributed by atoms with Crippen molar-refractivity contribution in [1.29, 1.82) is 0 Å². The molecule has 0 spiro atoms. The molecular weight excluding hydrogens is 278 g/mol. The number of nitrogens with zero attached hydrogens (tertiary/aromatic N) is 2. The van der Waals surface area contributed by atoms with Crippen molar-refractivity contribution in [2.45, 2.75) is 19.0 Å². The van der Waals surface area contributed by atoms with Gasteiger partial charge in [-0.25, -0.2) is 0 Å². The lowest BCUT2D eigenvalue weighted by Gasteiger charge is -2.42. The number of morpholine rings is 1. The van der Waals surface area contributed by atoms with Gasteiger partial charge in [-0.15, -0.1) is 0 Å². The summed E-state index contributed by atoms with van der Waals surface area (Å²) in [5.74, 6) is 0.354. The zero-order valence-corrected chi connectivity index (χ0v) is 13.4. The van der Waals surface area contributed by atoms with Crippen molar-refractivity contribution >= 4 is 0 Å². The third-order valence-electron chi connectivity index (χ3n) is 4.74. The van der Waals surface area contributed by atoms with E-state index in [9.17, 15) is 5.11 Å². The van der Waals surface area contributed by atoms with E-state index in [0.29, 0.717) is 17.8 Å². The quantitative estimate of drug-likeness (QED) is 0.871. The van der Waals surface area contributed by atoms with Gasteiger partial charge in [-0.05, 0) is 24.6 Å². The van der Waals surface area contributed by atoms with Crippen molar-refractivity contribution < 1.29 is 9.84 Å². The van der Waals surface area contributed by atoms with Gasteiger partial charge in [0.15, 0.2) is 0 Å². The molecule has 0 radical (unpaired) electrons. The zero-order valence-electron chi connectivity index (χ0n) is 13.4. The summed E-state index contributed by atoms with van der Waals surface area (Å²) in [6.07, 6.45) is 0. The summed E-state index contributed by atoms with van der Waals surface area (Å²) in [5, 5.41) is 13.3. The van der Waals surface area contributed by atoms with Gasteiger partial charge >= 0.3 is 0 Å². The first-order valence-electron chi connectivity index (χ1n) is 8.29. The van der Waals surface area contributed by atoms with Gasteiger partial charge in [0.2, 0.25) is 0 Å². The van der Waals surface area contributed by atoms with E-state index in [1.807, 2.05) is 12.1 Å². The molecule has 122 valence electrons. The molecule has 22 heavy (non-hydrogen) atoms. The second kappa shape index (κ2) is 7.42. The lowest BCUT2D eigenvalue weighted by atomic mass is 10.0. The van der Waals surface area contributed by atoms with Crippen molar-refractivity contribution in [2.75, 3.05) is 52.5 Å². The Morgan fingerprint density at radius 1 is 1.32 bits per heavy atom. The van der Waals surface area contributed by atoms with Crippen LogP contribution >= 0.6 is 0 Å². The average molecular weight is 305 g/mol. The number of ether oxygens (including phenoxy) is 1. The second-order valence-corrected chi connectivity index (χ2v) is 6.31. The van der Waals surface area contributed by atoms with E-state index < -0.39 is 0 Å². The smallest absolute Gasteiger partial charge is 0.115 e. The maximum absolute atomic E-state index is 9.87. The van der Waals surface area contributed by atoms with E-state index >= 15 is 0 Å². The molecule has 2 heterocycles. The lowest BCUT2D eigenvalue weighted by Crippen LogP contribution is -2.53. The highest BCUT2D eigenvalue weighted by Gasteiger charge is 2.29. The van der Waals surface area contributed by atoms with Crippen molar-refractivity contribution in [3.63, 3.8) is 0 Å². The molecule has 3 rings (SSSR count). The van der Waals surface area contributed by atoms with Crippen LogP contribution in [0.15, 0.2) is 24.3 Å². The van der Waals surface area contributed by atoms with Gasteiger partial charge in [0.1, 0.15) is 5.75 Å². The molecule has 5 heteroatoms. The van der Waals surface area contributed by atoms with Crippen LogP contribution in [-0.4, -0.2) is 73.4 Å². The van der Waals surface area contributed by atoms with E-state index in [4.69, 9.17) is 4.74 Å². The predicted octanol–water partition coefficient (Wildman–Crippen LogP) is 1.06. The monoisotopic (exact) mass is 305 g/mol. The van der Waals surface area contributed by atoms with Gasteiger partial charge < -0.3 is 15.2 Å². The number of piperazine rings is 1. The molecule has 0 aromatic heterocycles. The number of nitrogens with one attached hydrogen (secondary N) is 1.